The summed E-state index contributed by atoms with van der Waals surface area (Å²) in [4.78, 5) is 25.4. The summed E-state index contributed by atoms with van der Waals surface area (Å²) in [5.41, 5.74) is 0.307. The van der Waals surface area contributed by atoms with Gasteiger partial charge < -0.3 is 19.5 Å². The Morgan fingerprint density at radius 2 is 1.88 bits per heavy atom. The first-order valence-electron chi connectivity index (χ1n) is 8.13. The van der Waals surface area contributed by atoms with E-state index in [1.165, 1.54) is 15.3 Å². The minimum absolute atomic E-state index is 0.0791. The van der Waals surface area contributed by atoms with Gasteiger partial charge in [0.05, 0.1) is 6.26 Å². The van der Waals surface area contributed by atoms with Crippen LogP contribution in [0.2, 0.25) is 0 Å². The molecule has 26 heavy (non-hydrogen) atoms. The Morgan fingerprint density at radius 1 is 1.23 bits per heavy atom. The average molecular weight is 384 g/mol. The maximum atomic E-state index is 12.9. The topological polar surface area (TPSA) is 113 Å². The molecule has 1 saturated heterocycles. The molecular weight excluding hydrogens is 364 g/mol. The molecule has 2 aliphatic rings. The second-order valence-corrected chi connectivity index (χ2v) is 8.27. The number of hydrogen-bond acceptors (Lipinski definition) is 6. The number of carbonyl (C=O) groups is 2. The lowest BCUT2D eigenvalue weighted by Gasteiger charge is -2.37. The van der Waals surface area contributed by atoms with Crippen molar-refractivity contribution < 1.29 is 32.6 Å². The third kappa shape index (κ3) is 3.91. The van der Waals surface area contributed by atoms with Crippen LogP contribution in [0.4, 0.5) is 0 Å². The minimum Gasteiger partial charge on any atom is -0.480 e. The van der Waals surface area contributed by atoms with E-state index < -0.39 is 28.4 Å². The summed E-state index contributed by atoms with van der Waals surface area (Å²) in [6.07, 6.45) is 1.91. The van der Waals surface area contributed by atoms with Crippen molar-refractivity contribution >= 4 is 21.9 Å². The van der Waals surface area contributed by atoms with E-state index in [4.69, 9.17) is 9.47 Å². The zero-order chi connectivity index (χ0) is 18.9. The molecule has 1 fully saturated rings. The molecule has 0 aromatic heterocycles. The highest BCUT2D eigenvalue weighted by molar-refractivity contribution is 7.88. The summed E-state index contributed by atoms with van der Waals surface area (Å²) in [5, 5.41) is 9.20. The molecule has 2 heterocycles. The first kappa shape index (κ1) is 18.5. The number of hydrogen-bond donors (Lipinski definition) is 1. The Morgan fingerprint density at radius 3 is 2.50 bits per heavy atom. The van der Waals surface area contributed by atoms with E-state index in [1.54, 1.807) is 12.1 Å². The Hall–Kier alpha value is -2.33. The van der Waals surface area contributed by atoms with Gasteiger partial charge in [0, 0.05) is 24.7 Å². The summed E-state index contributed by atoms with van der Waals surface area (Å²) >= 11 is 0. The van der Waals surface area contributed by atoms with E-state index in [0.717, 1.165) is 6.26 Å². The monoisotopic (exact) mass is 384 g/mol. The van der Waals surface area contributed by atoms with Crippen molar-refractivity contribution in [1.29, 1.82) is 0 Å². The summed E-state index contributed by atoms with van der Waals surface area (Å²) in [6, 6.07) is 4.37. The van der Waals surface area contributed by atoms with Crippen LogP contribution < -0.4 is 9.47 Å². The number of nitrogens with zero attached hydrogens (tertiary/aromatic N) is 2. The van der Waals surface area contributed by atoms with Crippen LogP contribution in [0.15, 0.2) is 18.2 Å². The second-order valence-electron chi connectivity index (χ2n) is 6.29. The van der Waals surface area contributed by atoms with Gasteiger partial charge in [-0.15, -0.1) is 0 Å². The maximum Gasteiger partial charge on any atom is 0.323 e. The van der Waals surface area contributed by atoms with Crippen LogP contribution in [-0.2, 0) is 14.8 Å². The number of aliphatic carboxylic acids is 1. The average Bonchev–Trinajstić information content (AvgIpc) is 3.06. The molecule has 1 N–H and O–H groups in total. The molecule has 1 aromatic rings. The van der Waals surface area contributed by atoms with Gasteiger partial charge in [-0.25, -0.2) is 12.7 Å². The summed E-state index contributed by atoms with van der Waals surface area (Å²) in [6.45, 7) is 0.147. The van der Waals surface area contributed by atoms with Gasteiger partial charge in [-0.1, -0.05) is 0 Å². The molecule has 10 heteroatoms. The zero-order valence-corrected chi connectivity index (χ0v) is 15.1. The Kier molecular flexibility index (Phi) is 5.05. The van der Waals surface area contributed by atoms with Gasteiger partial charge in [-0.3, -0.25) is 9.59 Å². The van der Waals surface area contributed by atoms with E-state index in [-0.39, 0.29) is 25.9 Å². The predicted octanol–water partition coefficient (Wildman–Crippen LogP) is 0.366. The lowest BCUT2D eigenvalue weighted by Crippen LogP contribution is -2.50. The lowest BCUT2D eigenvalue weighted by atomic mass is 10.0. The quantitative estimate of drug-likeness (QED) is 0.780. The van der Waals surface area contributed by atoms with Crippen LogP contribution in [0, 0.1) is 0 Å². The third-order valence-electron chi connectivity index (χ3n) is 4.52. The SMILES string of the molecule is CS(=O)(=O)N1CCC(N(CC(=O)O)C(=O)c2ccc3c(c2)OCO3)CC1. The molecule has 0 unspecified atom stereocenters. The number of rotatable bonds is 5. The van der Waals surface area contributed by atoms with E-state index in [9.17, 15) is 23.1 Å². The zero-order valence-electron chi connectivity index (χ0n) is 14.3. The molecule has 3 rings (SSSR count). The van der Waals surface area contributed by atoms with Gasteiger partial charge in [0.2, 0.25) is 16.8 Å². The summed E-state index contributed by atoms with van der Waals surface area (Å²) in [5.74, 6) is -0.570. The van der Waals surface area contributed by atoms with Crippen LogP contribution in [0.3, 0.4) is 0 Å². The molecule has 1 amide bonds. The highest BCUT2D eigenvalue weighted by Gasteiger charge is 2.33. The predicted molar refractivity (Wildman–Crippen MR) is 90.7 cm³/mol. The molecule has 0 bridgehead atoms. The van der Waals surface area contributed by atoms with E-state index in [2.05, 4.69) is 0 Å². The number of benzene rings is 1. The van der Waals surface area contributed by atoms with Crippen molar-refractivity contribution in [3.63, 3.8) is 0 Å². The number of fused-ring (bicyclic) bond motifs is 1. The number of amides is 1. The first-order chi connectivity index (χ1) is 12.3. The summed E-state index contributed by atoms with van der Waals surface area (Å²) in [7, 11) is -3.29. The normalized spacial score (nSPS) is 17.9. The summed E-state index contributed by atoms with van der Waals surface area (Å²) < 4.78 is 35.1. The van der Waals surface area contributed by atoms with Crippen LogP contribution in [0.1, 0.15) is 23.2 Å². The van der Waals surface area contributed by atoms with Gasteiger partial charge in [-0.05, 0) is 31.0 Å². The van der Waals surface area contributed by atoms with E-state index in [1.807, 2.05) is 0 Å². The largest absolute Gasteiger partial charge is 0.480 e. The smallest absolute Gasteiger partial charge is 0.323 e. The van der Waals surface area contributed by atoms with Crippen LogP contribution in [0.25, 0.3) is 0 Å². The van der Waals surface area contributed by atoms with Crippen LogP contribution >= 0.6 is 0 Å². The molecule has 1 aromatic carbocycles. The highest BCUT2D eigenvalue weighted by atomic mass is 32.2. The van der Waals surface area contributed by atoms with Gasteiger partial charge in [0.25, 0.3) is 5.91 Å². The lowest BCUT2D eigenvalue weighted by molar-refractivity contribution is -0.138. The number of ether oxygens (including phenoxy) is 2. The van der Waals surface area contributed by atoms with Crippen molar-refractivity contribution in [2.24, 2.45) is 0 Å². The van der Waals surface area contributed by atoms with Crippen LogP contribution in [0.5, 0.6) is 11.5 Å². The fourth-order valence-electron chi connectivity index (χ4n) is 3.19. The van der Waals surface area contributed by atoms with Crippen molar-refractivity contribution in [2.75, 3.05) is 32.7 Å². The van der Waals surface area contributed by atoms with Crippen molar-refractivity contribution in [3.05, 3.63) is 23.8 Å². The maximum absolute atomic E-state index is 12.9. The standard InChI is InChI=1S/C16H20N2O7S/c1-26(22,23)17-6-4-12(5-7-17)18(9-15(19)20)16(21)11-2-3-13-14(8-11)25-10-24-13/h2-3,8,12H,4-7,9-10H2,1H3,(H,19,20). The van der Waals surface area contributed by atoms with Crippen molar-refractivity contribution in [3.8, 4) is 11.5 Å². The Balaban J connectivity index is 1.78. The molecule has 0 spiro atoms. The highest BCUT2D eigenvalue weighted by Crippen LogP contribution is 2.33. The Labute approximate surface area is 151 Å². The van der Waals surface area contributed by atoms with Crippen LogP contribution in [-0.4, -0.2) is 73.3 Å². The molecule has 2 aliphatic heterocycles. The number of carboxylic acid groups (broad SMARTS) is 1. The molecule has 0 saturated carbocycles. The third-order valence-corrected chi connectivity index (χ3v) is 5.82. The molecule has 0 radical (unpaired) electrons. The number of carbonyl (C=O) groups excluding carboxylic acids is 1. The molecular formula is C16H20N2O7S. The number of piperidine rings is 1. The Bertz CT molecular complexity index is 816. The van der Waals surface area contributed by atoms with Gasteiger partial charge in [-0.2, -0.15) is 0 Å². The molecule has 0 atom stereocenters. The van der Waals surface area contributed by atoms with Crippen molar-refractivity contribution in [2.45, 2.75) is 18.9 Å². The fourth-order valence-corrected chi connectivity index (χ4v) is 4.07. The van der Waals surface area contributed by atoms with E-state index in [0.29, 0.717) is 29.9 Å². The first-order valence-corrected chi connectivity index (χ1v) is 9.98. The molecule has 142 valence electrons. The molecule has 0 aliphatic carbocycles. The second kappa shape index (κ2) is 7.12. The van der Waals surface area contributed by atoms with Gasteiger partial charge in [0.15, 0.2) is 11.5 Å². The van der Waals surface area contributed by atoms with E-state index >= 15 is 0 Å². The van der Waals surface area contributed by atoms with Gasteiger partial charge >= 0.3 is 5.97 Å². The van der Waals surface area contributed by atoms with Gasteiger partial charge in [0.1, 0.15) is 6.54 Å². The molecule has 9 nitrogen and oxygen atoms in total. The minimum atomic E-state index is -3.29. The number of carboxylic acids is 1. The van der Waals surface area contributed by atoms with Crippen molar-refractivity contribution in [1.82, 2.24) is 9.21 Å². The number of sulfonamides is 1. The fraction of sp³-hybridized carbons (Fsp3) is 0.500.